The van der Waals surface area contributed by atoms with E-state index in [0.717, 1.165) is 16.9 Å². The number of rotatable bonds is 5. The minimum atomic E-state index is -0.0832. The maximum atomic E-state index is 12.0. The first-order valence-corrected chi connectivity index (χ1v) is 7.01. The highest BCUT2D eigenvalue weighted by Gasteiger charge is 2.07. The third-order valence-electron chi connectivity index (χ3n) is 3.05. The summed E-state index contributed by atoms with van der Waals surface area (Å²) in [5, 5.41) is 3.09. The van der Waals surface area contributed by atoms with Crippen LogP contribution in [0.3, 0.4) is 0 Å². The zero-order chi connectivity index (χ0) is 15.2. The van der Waals surface area contributed by atoms with E-state index in [1.807, 2.05) is 31.2 Å². The van der Waals surface area contributed by atoms with Gasteiger partial charge in [-0.05, 0) is 42.7 Å². The predicted octanol–water partition coefficient (Wildman–Crippen LogP) is 3.62. The number of anilines is 1. The second kappa shape index (κ2) is 7.09. The Balaban J connectivity index is 1.91. The number of nitrogens with zero attached hydrogens (tertiary/aromatic N) is 1. The van der Waals surface area contributed by atoms with Crippen molar-refractivity contribution in [1.29, 1.82) is 0 Å². The van der Waals surface area contributed by atoms with E-state index in [-0.39, 0.29) is 5.91 Å². The number of carbonyl (C=O) groups is 1. The summed E-state index contributed by atoms with van der Waals surface area (Å²) in [5.41, 5.74) is 2.58. The average Bonchev–Trinajstić information content (AvgIpc) is 2.49. The van der Waals surface area contributed by atoms with Crippen LogP contribution in [0.15, 0.2) is 36.5 Å². The molecule has 0 saturated carbocycles. The Kier molecular flexibility index (Phi) is 5.17. The van der Waals surface area contributed by atoms with Crippen LogP contribution < -0.4 is 10.1 Å². The summed E-state index contributed by atoms with van der Waals surface area (Å²) < 4.78 is 5.10. The zero-order valence-corrected chi connectivity index (χ0v) is 12.8. The minimum Gasteiger partial charge on any atom is -0.497 e. The Morgan fingerprint density at radius 3 is 2.71 bits per heavy atom. The topological polar surface area (TPSA) is 51.2 Å². The molecular formula is C16H17ClN2O2. The summed E-state index contributed by atoms with van der Waals surface area (Å²) in [4.78, 5) is 16.0. The van der Waals surface area contributed by atoms with Crippen molar-refractivity contribution in [2.75, 3.05) is 12.4 Å². The van der Waals surface area contributed by atoms with Crippen molar-refractivity contribution in [1.82, 2.24) is 4.98 Å². The number of ether oxygens (including phenoxy) is 1. The lowest BCUT2D eigenvalue weighted by Crippen LogP contribution is -2.13. The molecular weight excluding hydrogens is 288 g/mol. The van der Waals surface area contributed by atoms with Crippen molar-refractivity contribution in [3.63, 3.8) is 0 Å². The molecule has 1 N–H and O–H groups in total. The highest BCUT2D eigenvalue weighted by molar-refractivity contribution is 6.32. The molecule has 0 unspecified atom stereocenters. The first-order chi connectivity index (χ1) is 10.1. The summed E-state index contributed by atoms with van der Waals surface area (Å²) in [6, 6.07) is 9.48. The standard InChI is InChI=1S/C16H17ClN2O2/c1-11-9-14(16(17)18-10-11)19-15(20)8-5-12-3-6-13(21-2)7-4-12/h3-4,6-7,9-10H,5,8H2,1-2H3,(H,19,20). The molecule has 0 saturated heterocycles. The van der Waals surface area contributed by atoms with Gasteiger partial charge in [-0.1, -0.05) is 23.7 Å². The second-order valence-electron chi connectivity index (χ2n) is 4.75. The molecule has 0 aliphatic carbocycles. The number of aryl methyl sites for hydroxylation is 2. The SMILES string of the molecule is COc1ccc(CCC(=O)Nc2cc(C)cnc2Cl)cc1. The molecule has 0 bridgehead atoms. The monoisotopic (exact) mass is 304 g/mol. The van der Waals surface area contributed by atoms with Gasteiger partial charge in [0.05, 0.1) is 12.8 Å². The largest absolute Gasteiger partial charge is 0.497 e. The molecule has 1 aromatic carbocycles. The smallest absolute Gasteiger partial charge is 0.224 e. The molecule has 0 aliphatic rings. The number of benzene rings is 1. The number of carbonyl (C=O) groups excluding carboxylic acids is 1. The Bertz CT molecular complexity index is 627. The summed E-state index contributed by atoms with van der Waals surface area (Å²) in [7, 11) is 1.63. The van der Waals surface area contributed by atoms with Crippen LogP contribution in [0.25, 0.3) is 0 Å². The molecule has 5 heteroatoms. The van der Waals surface area contributed by atoms with Gasteiger partial charge in [0.15, 0.2) is 5.15 Å². The highest BCUT2D eigenvalue weighted by Crippen LogP contribution is 2.20. The van der Waals surface area contributed by atoms with Gasteiger partial charge in [0.1, 0.15) is 5.75 Å². The number of pyridine rings is 1. The van der Waals surface area contributed by atoms with E-state index in [1.54, 1.807) is 19.4 Å². The zero-order valence-electron chi connectivity index (χ0n) is 12.0. The fourth-order valence-corrected chi connectivity index (χ4v) is 2.05. The third kappa shape index (κ3) is 4.46. The normalized spacial score (nSPS) is 10.2. The van der Waals surface area contributed by atoms with Crippen LogP contribution in [0.5, 0.6) is 5.75 Å². The molecule has 110 valence electrons. The van der Waals surface area contributed by atoms with E-state index in [4.69, 9.17) is 16.3 Å². The van der Waals surface area contributed by atoms with Crippen LogP contribution in [0, 0.1) is 6.92 Å². The molecule has 2 rings (SSSR count). The number of nitrogens with one attached hydrogen (secondary N) is 1. The number of aromatic nitrogens is 1. The molecule has 1 aromatic heterocycles. The van der Waals surface area contributed by atoms with Crippen LogP contribution in [0.4, 0.5) is 5.69 Å². The summed E-state index contributed by atoms with van der Waals surface area (Å²) >= 11 is 5.95. The van der Waals surface area contributed by atoms with Crippen LogP contribution >= 0.6 is 11.6 Å². The van der Waals surface area contributed by atoms with Crippen LogP contribution in [-0.2, 0) is 11.2 Å². The lowest BCUT2D eigenvalue weighted by atomic mass is 10.1. The van der Waals surface area contributed by atoms with Gasteiger partial charge in [-0.25, -0.2) is 4.98 Å². The number of hydrogen-bond acceptors (Lipinski definition) is 3. The Morgan fingerprint density at radius 2 is 2.05 bits per heavy atom. The summed E-state index contributed by atoms with van der Waals surface area (Å²) in [6.45, 7) is 1.90. The number of amides is 1. The van der Waals surface area contributed by atoms with Crippen molar-refractivity contribution in [3.05, 3.63) is 52.8 Å². The highest BCUT2D eigenvalue weighted by atomic mass is 35.5. The lowest BCUT2D eigenvalue weighted by Gasteiger charge is -2.08. The van der Waals surface area contributed by atoms with Gasteiger partial charge in [-0.2, -0.15) is 0 Å². The van der Waals surface area contributed by atoms with Crippen molar-refractivity contribution in [2.45, 2.75) is 19.8 Å². The number of methoxy groups -OCH3 is 1. The second-order valence-corrected chi connectivity index (χ2v) is 5.11. The van der Waals surface area contributed by atoms with E-state index in [9.17, 15) is 4.79 Å². The molecule has 0 radical (unpaired) electrons. The van der Waals surface area contributed by atoms with E-state index >= 15 is 0 Å². The molecule has 4 nitrogen and oxygen atoms in total. The van der Waals surface area contributed by atoms with Gasteiger partial charge in [0.25, 0.3) is 0 Å². The van der Waals surface area contributed by atoms with Crippen molar-refractivity contribution in [3.8, 4) is 5.75 Å². The molecule has 2 aromatic rings. The number of hydrogen-bond donors (Lipinski definition) is 1. The van der Waals surface area contributed by atoms with Crippen LogP contribution in [0.2, 0.25) is 5.15 Å². The Hall–Kier alpha value is -2.07. The van der Waals surface area contributed by atoms with Gasteiger partial charge in [-0.3, -0.25) is 4.79 Å². The fourth-order valence-electron chi connectivity index (χ4n) is 1.90. The predicted molar refractivity (Wildman–Crippen MR) is 83.9 cm³/mol. The first kappa shape index (κ1) is 15.3. The Morgan fingerprint density at radius 1 is 1.33 bits per heavy atom. The quantitative estimate of drug-likeness (QED) is 0.858. The first-order valence-electron chi connectivity index (χ1n) is 6.63. The molecule has 0 spiro atoms. The molecule has 1 heterocycles. The molecule has 0 fully saturated rings. The van der Waals surface area contributed by atoms with Gasteiger partial charge >= 0.3 is 0 Å². The van der Waals surface area contributed by atoms with E-state index in [0.29, 0.717) is 23.7 Å². The van der Waals surface area contributed by atoms with Gasteiger partial charge in [0, 0.05) is 12.6 Å². The minimum absolute atomic E-state index is 0.0832. The van der Waals surface area contributed by atoms with Crippen LogP contribution in [-0.4, -0.2) is 18.0 Å². The van der Waals surface area contributed by atoms with Gasteiger partial charge in [-0.15, -0.1) is 0 Å². The summed E-state index contributed by atoms with van der Waals surface area (Å²) in [5.74, 6) is 0.723. The van der Waals surface area contributed by atoms with Crippen LogP contribution in [0.1, 0.15) is 17.5 Å². The maximum Gasteiger partial charge on any atom is 0.224 e. The average molecular weight is 305 g/mol. The third-order valence-corrected chi connectivity index (χ3v) is 3.35. The lowest BCUT2D eigenvalue weighted by molar-refractivity contribution is -0.116. The Labute approximate surface area is 129 Å². The molecule has 1 amide bonds. The van der Waals surface area contributed by atoms with E-state index in [1.165, 1.54) is 0 Å². The fraction of sp³-hybridized carbons (Fsp3) is 0.250. The maximum absolute atomic E-state index is 12.0. The van der Waals surface area contributed by atoms with E-state index in [2.05, 4.69) is 10.3 Å². The van der Waals surface area contributed by atoms with Crippen molar-refractivity contribution < 1.29 is 9.53 Å². The number of halogens is 1. The molecule has 0 atom stereocenters. The summed E-state index contributed by atoms with van der Waals surface area (Å²) in [6.07, 6.45) is 2.71. The van der Waals surface area contributed by atoms with Gasteiger partial charge in [0.2, 0.25) is 5.91 Å². The van der Waals surface area contributed by atoms with Crippen molar-refractivity contribution >= 4 is 23.2 Å². The molecule has 0 aliphatic heterocycles. The van der Waals surface area contributed by atoms with Gasteiger partial charge < -0.3 is 10.1 Å². The molecule has 21 heavy (non-hydrogen) atoms. The van der Waals surface area contributed by atoms with Crippen molar-refractivity contribution in [2.24, 2.45) is 0 Å². The van der Waals surface area contributed by atoms with E-state index < -0.39 is 0 Å².